The first kappa shape index (κ1) is 32.7. The molecule has 0 bridgehead atoms. The van der Waals surface area contributed by atoms with Crippen LogP contribution in [0.1, 0.15) is 65.4 Å². The van der Waals surface area contributed by atoms with Gasteiger partial charge in [-0.1, -0.05) is 13.0 Å². The van der Waals surface area contributed by atoms with Gasteiger partial charge in [0.2, 0.25) is 5.91 Å². The largest absolute Gasteiger partial charge is 0.491 e. The maximum Gasteiger partial charge on any atom is 0.410 e. The molecule has 0 radical (unpaired) electrons. The number of carbonyl (C=O) groups is 2. The van der Waals surface area contributed by atoms with Crippen molar-refractivity contribution in [3.05, 3.63) is 23.9 Å². The predicted octanol–water partition coefficient (Wildman–Crippen LogP) is 3.95. The van der Waals surface area contributed by atoms with Crippen LogP contribution in [-0.2, 0) is 20.7 Å². The normalized spacial score (nSPS) is 16.2. The Kier molecular flexibility index (Phi) is 12.5. The van der Waals surface area contributed by atoms with Crippen LogP contribution in [0.3, 0.4) is 0 Å². The van der Waals surface area contributed by atoms with Gasteiger partial charge in [-0.2, -0.15) is 0 Å². The van der Waals surface area contributed by atoms with E-state index in [0.29, 0.717) is 80.6 Å². The van der Waals surface area contributed by atoms with E-state index in [1.165, 1.54) is 11.1 Å². The summed E-state index contributed by atoms with van der Waals surface area (Å²) in [6.07, 6.45) is 7.12. The van der Waals surface area contributed by atoms with Crippen molar-refractivity contribution >= 4 is 40.9 Å². The average Bonchev–Trinajstić information content (AvgIpc) is 2.95. The van der Waals surface area contributed by atoms with Gasteiger partial charge in [-0.25, -0.2) is 14.8 Å². The van der Waals surface area contributed by atoms with Gasteiger partial charge in [0, 0.05) is 44.9 Å². The fourth-order valence-electron chi connectivity index (χ4n) is 4.47. The number of hydrogen-bond donors (Lipinski definition) is 2. The van der Waals surface area contributed by atoms with Gasteiger partial charge in [0.25, 0.3) is 0 Å². The van der Waals surface area contributed by atoms with Crippen molar-refractivity contribution in [3.63, 3.8) is 0 Å². The lowest BCUT2D eigenvalue weighted by molar-refractivity contribution is -0.127. The molecule has 1 fully saturated rings. The molecule has 0 saturated carbocycles. The molecule has 1 aliphatic rings. The van der Waals surface area contributed by atoms with Crippen LogP contribution < -0.4 is 15.8 Å². The van der Waals surface area contributed by atoms with Crippen molar-refractivity contribution in [2.45, 2.75) is 77.9 Å². The maximum atomic E-state index is 13.0. The van der Waals surface area contributed by atoms with Gasteiger partial charge >= 0.3 is 6.09 Å². The van der Waals surface area contributed by atoms with Crippen molar-refractivity contribution in [1.82, 2.24) is 20.2 Å². The standard InChI is InChI=1S/C30H45N7O5/c1-6-17-40-20-25(32-5)33-15-13-21-11-12-22-26(36-24(31)19-35-22)27(21)41-18-9-14-34-28(38)23-10-7-8-16-37(23)29(39)42-30(2,3)4/h11-12,15,19,23H,6-10,13-14,16-18,20H2,1-5H3,(H2,31,36)(H,34,38)/b32-25-,33-15-. The molecule has 1 aromatic carbocycles. The lowest BCUT2D eigenvalue weighted by Gasteiger charge is -2.35. The summed E-state index contributed by atoms with van der Waals surface area (Å²) < 4.78 is 17.3. The van der Waals surface area contributed by atoms with Crippen LogP contribution in [0.25, 0.3) is 11.0 Å². The molecule has 3 rings (SSSR count). The number of piperidine rings is 1. The molecule has 1 aromatic heterocycles. The molecule has 2 amide bonds. The van der Waals surface area contributed by atoms with E-state index < -0.39 is 17.7 Å². The van der Waals surface area contributed by atoms with Gasteiger partial charge < -0.3 is 25.3 Å². The molecule has 3 N–H and O–H groups in total. The molecule has 1 atom stereocenters. The average molecular weight is 584 g/mol. The number of fused-ring (bicyclic) bond motifs is 1. The number of amides is 2. The van der Waals surface area contributed by atoms with Gasteiger partial charge in [0.15, 0.2) is 5.75 Å². The lowest BCUT2D eigenvalue weighted by Crippen LogP contribution is -2.53. The van der Waals surface area contributed by atoms with Gasteiger partial charge in [-0.15, -0.1) is 0 Å². The fourth-order valence-corrected chi connectivity index (χ4v) is 4.47. The van der Waals surface area contributed by atoms with Crippen molar-refractivity contribution in [2.24, 2.45) is 9.98 Å². The molecule has 12 nitrogen and oxygen atoms in total. The van der Waals surface area contributed by atoms with E-state index in [-0.39, 0.29) is 5.91 Å². The number of ether oxygens (including phenoxy) is 3. The Bertz CT molecular complexity index is 1260. The van der Waals surface area contributed by atoms with E-state index in [4.69, 9.17) is 19.9 Å². The minimum Gasteiger partial charge on any atom is -0.491 e. The van der Waals surface area contributed by atoms with Gasteiger partial charge in [0.05, 0.1) is 18.3 Å². The molecule has 1 aliphatic heterocycles. The summed E-state index contributed by atoms with van der Waals surface area (Å²) in [6, 6.07) is 3.26. The number of nitrogens with one attached hydrogen (secondary N) is 1. The number of nitrogen functional groups attached to an aromatic ring is 1. The number of benzene rings is 1. The Hall–Kier alpha value is -3.80. The Morgan fingerprint density at radius 2 is 2.05 bits per heavy atom. The lowest BCUT2D eigenvalue weighted by atomic mass is 10.0. The second-order valence-corrected chi connectivity index (χ2v) is 11.1. The summed E-state index contributed by atoms with van der Waals surface area (Å²) in [5, 5.41) is 2.96. The third kappa shape index (κ3) is 9.93. The molecular weight excluding hydrogens is 538 g/mol. The Labute approximate surface area is 248 Å². The third-order valence-electron chi connectivity index (χ3n) is 6.46. The van der Waals surface area contributed by atoms with Gasteiger partial charge in [-0.3, -0.25) is 19.7 Å². The van der Waals surface area contributed by atoms with E-state index >= 15 is 0 Å². The summed E-state index contributed by atoms with van der Waals surface area (Å²) in [6.45, 7) is 9.73. The first-order valence-electron chi connectivity index (χ1n) is 14.6. The van der Waals surface area contributed by atoms with E-state index in [1.807, 2.05) is 39.8 Å². The highest BCUT2D eigenvalue weighted by molar-refractivity contribution is 5.91. The minimum absolute atomic E-state index is 0.183. The Morgan fingerprint density at radius 3 is 2.79 bits per heavy atom. The first-order valence-corrected chi connectivity index (χ1v) is 14.6. The van der Waals surface area contributed by atoms with Crippen LogP contribution in [-0.4, -0.2) is 90.5 Å². The van der Waals surface area contributed by atoms with Crippen molar-refractivity contribution in [1.29, 1.82) is 0 Å². The van der Waals surface area contributed by atoms with E-state index in [0.717, 1.165) is 24.8 Å². The number of carbonyl (C=O) groups excluding carboxylic acids is 2. The number of aliphatic imine (C=N–C) groups is 2. The smallest absolute Gasteiger partial charge is 0.410 e. The van der Waals surface area contributed by atoms with E-state index in [2.05, 4.69) is 25.3 Å². The predicted molar refractivity (Wildman–Crippen MR) is 164 cm³/mol. The molecule has 12 heteroatoms. The second kappa shape index (κ2) is 16.0. The van der Waals surface area contributed by atoms with E-state index in [9.17, 15) is 9.59 Å². The van der Waals surface area contributed by atoms with Crippen molar-refractivity contribution < 1.29 is 23.8 Å². The van der Waals surface area contributed by atoms with Crippen LogP contribution in [0.15, 0.2) is 28.3 Å². The zero-order valence-electron chi connectivity index (χ0n) is 25.5. The van der Waals surface area contributed by atoms with Gasteiger partial charge in [-0.05, 0) is 58.9 Å². The highest BCUT2D eigenvalue weighted by atomic mass is 16.6. The van der Waals surface area contributed by atoms with Crippen LogP contribution in [0.5, 0.6) is 5.75 Å². The summed E-state index contributed by atoms with van der Waals surface area (Å²) in [5.41, 5.74) is 7.41. The Morgan fingerprint density at radius 1 is 1.24 bits per heavy atom. The Balaban J connectivity index is 1.61. The number of rotatable bonds is 12. The number of anilines is 1. The van der Waals surface area contributed by atoms with Crippen molar-refractivity contribution in [2.75, 3.05) is 45.7 Å². The number of nitrogens with zero attached hydrogens (tertiary/aromatic N) is 5. The quantitative estimate of drug-likeness (QED) is 0.216. The zero-order chi connectivity index (χ0) is 30.5. The molecule has 0 aliphatic carbocycles. The monoisotopic (exact) mass is 583 g/mol. The first-order chi connectivity index (χ1) is 20.1. The molecule has 1 saturated heterocycles. The topological polar surface area (TPSA) is 154 Å². The SMILES string of the molecule is CCCOCC(/N=C\Cc1ccc2ncc(N)nc2c1OCCCNC(=O)C1CCCCN1C(=O)OC(C)(C)C)=N/C. The highest BCUT2D eigenvalue weighted by Crippen LogP contribution is 2.28. The third-order valence-corrected chi connectivity index (χ3v) is 6.46. The summed E-state index contributed by atoms with van der Waals surface area (Å²) in [4.78, 5) is 44.7. The summed E-state index contributed by atoms with van der Waals surface area (Å²) >= 11 is 0. The maximum absolute atomic E-state index is 13.0. The second-order valence-electron chi connectivity index (χ2n) is 11.1. The number of amidine groups is 1. The molecule has 2 aromatic rings. The fraction of sp³-hybridized carbons (Fsp3) is 0.600. The molecular formula is C30H45N7O5. The molecule has 230 valence electrons. The molecule has 42 heavy (non-hydrogen) atoms. The number of aromatic nitrogens is 2. The van der Waals surface area contributed by atoms with Gasteiger partial charge in [0.1, 0.15) is 35.4 Å². The van der Waals surface area contributed by atoms with Crippen LogP contribution >= 0.6 is 0 Å². The molecule has 2 heterocycles. The minimum atomic E-state index is -0.622. The highest BCUT2D eigenvalue weighted by Gasteiger charge is 2.34. The number of nitrogens with two attached hydrogens (primary N) is 1. The van der Waals surface area contributed by atoms with Crippen LogP contribution in [0.2, 0.25) is 0 Å². The van der Waals surface area contributed by atoms with Crippen LogP contribution in [0.4, 0.5) is 10.6 Å². The van der Waals surface area contributed by atoms with Crippen molar-refractivity contribution in [3.8, 4) is 5.75 Å². The zero-order valence-corrected chi connectivity index (χ0v) is 25.5. The molecule has 0 spiro atoms. The van der Waals surface area contributed by atoms with E-state index in [1.54, 1.807) is 13.3 Å². The number of hydrogen-bond acceptors (Lipinski definition) is 9. The summed E-state index contributed by atoms with van der Waals surface area (Å²) in [5.74, 6) is 1.29. The van der Waals surface area contributed by atoms with Crippen LogP contribution in [0, 0.1) is 0 Å². The molecule has 1 unspecified atom stereocenters. The summed E-state index contributed by atoms with van der Waals surface area (Å²) in [7, 11) is 1.69. The number of likely N-dealkylation sites (tertiary alicyclic amines) is 1.